The van der Waals surface area contributed by atoms with Crippen molar-refractivity contribution in [2.75, 3.05) is 39.3 Å². The summed E-state index contributed by atoms with van der Waals surface area (Å²) in [6, 6.07) is 8.31. The van der Waals surface area contributed by atoms with Crippen molar-refractivity contribution in [3.05, 3.63) is 51.7 Å². The molecule has 4 rings (SSSR count). The van der Waals surface area contributed by atoms with Gasteiger partial charge in [-0.3, -0.25) is 14.5 Å². The van der Waals surface area contributed by atoms with Crippen LogP contribution in [0.25, 0.3) is 0 Å². The Morgan fingerprint density at radius 1 is 1.12 bits per heavy atom. The van der Waals surface area contributed by atoms with Gasteiger partial charge in [-0.1, -0.05) is 19.1 Å². The predicted molar refractivity (Wildman–Crippen MR) is 118 cm³/mol. The van der Waals surface area contributed by atoms with Gasteiger partial charge < -0.3 is 14.5 Å². The largest absolute Gasteiger partial charge is 0.434 e. The summed E-state index contributed by atoms with van der Waals surface area (Å²) in [5.41, 5.74) is 1.40. The summed E-state index contributed by atoms with van der Waals surface area (Å²) in [4.78, 5) is 33.0. The highest BCUT2D eigenvalue weighted by Crippen LogP contribution is 2.35. The lowest BCUT2D eigenvalue weighted by Gasteiger charge is -2.39. The summed E-state index contributed by atoms with van der Waals surface area (Å²) < 4.78 is 29.8. The molecule has 0 bridgehead atoms. The predicted octanol–water partition coefficient (Wildman–Crippen LogP) is 3.64. The number of nitrogens with zero attached hydrogens (tertiary/aromatic N) is 3. The number of benzene rings is 1. The monoisotopic (exact) mass is 463 g/mol. The van der Waals surface area contributed by atoms with Crippen LogP contribution in [-0.4, -0.2) is 72.4 Å². The zero-order chi connectivity index (χ0) is 22.7. The fourth-order valence-electron chi connectivity index (χ4n) is 4.54. The second-order valence-corrected chi connectivity index (χ2v) is 9.00. The standard InChI is InChI=1S/C23H27F2N3O3S/c1-2-18-16-8-14-32-20(16)7-9-28(18)21(29)15-26-10-12-27(13-11-26)22(30)17-5-3-4-6-19(17)31-23(24)25/h3-6,8,14,18,23H,2,7,9-13,15H2,1H3. The number of amides is 2. The Kier molecular flexibility index (Phi) is 7.05. The molecule has 32 heavy (non-hydrogen) atoms. The number of hydrogen-bond donors (Lipinski definition) is 0. The third-order valence-corrected chi connectivity index (χ3v) is 7.15. The van der Waals surface area contributed by atoms with E-state index < -0.39 is 6.61 Å². The van der Waals surface area contributed by atoms with E-state index in [4.69, 9.17) is 0 Å². The number of rotatable bonds is 6. The van der Waals surface area contributed by atoms with E-state index in [9.17, 15) is 18.4 Å². The molecule has 3 heterocycles. The summed E-state index contributed by atoms with van der Waals surface area (Å²) >= 11 is 1.76. The maximum absolute atomic E-state index is 13.1. The van der Waals surface area contributed by atoms with Gasteiger partial charge >= 0.3 is 6.61 Å². The number of thiophene rings is 1. The van der Waals surface area contributed by atoms with Crippen LogP contribution in [0.5, 0.6) is 5.75 Å². The number of ether oxygens (including phenoxy) is 1. The third kappa shape index (κ3) is 4.78. The van der Waals surface area contributed by atoms with Gasteiger partial charge in [0.1, 0.15) is 5.75 Å². The lowest BCUT2D eigenvalue weighted by Crippen LogP contribution is -2.52. The highest BCUT2D eigenvalue weighted by Gasteiger charge is 2.32. The molecule has 2 aromatic rings. The van der Waals surface area contributed by atoms with E-state index >= 15 is 0 Å². The molecule has 1 unspecified atom stereocenters. The highest BCUT2D eigenvalue weighted by atomic mass is 32.1. The van der Waals surface area contributed by atoms with Crippen LogP contribution >= 0.6 is 11.3 Å². The van der Waals surface area contributed by atoms with Crippen molar-refractivity contribution in [3.8, 4) is 5.75 Å². The van der Waals surface area contributed by atoms with Crippen LogP contribution in [0.15, 0.2) is 35.7 Å². The molecule has 1 aromatic heterocycles. The molecular formula is C23H27F2N3O3S. The molecular weight excluding hydrogens is 436 g/mol. The Bertz CT molecular complexity index is 959. The number of carbonyl (C=O) groups excluding carboxylic acids is 2. The first-order valence-corrected chi connectivity index (χ1v) is 11.8. The zero-order valence-corrected chi connectivity index (χ0v) is 18.8. The Morgan fingerprint density at radius 2 is 1.88 bits per heavy atom. The third-order valence-electron chi connectivity index (χ3n) is 6.15. The Hall–Kier alpha value is -2.52. The first kappa shape index (κ1) is 22.7. The Balaban J connectivity index is 1.34. The lowest BCUT2D eigenvalue weighted by molar-refractivity contribution is -0.135. The molecule has 0 spiro atoms. The molecule has 1 atom stereocenters. The Labute approximate surface area is 190 Å². The van der Waals surface area contributed by atoms with Gasteiger partial charge in [-0.2, -0.15) is 8.78 Å². The van der Waals surface area contributed by atoms with Gasteiger partial charge in [-0.15, -0.1) is 11.3 Å². The number of alkyl halides is 2. The molecule has 172 valence electrons. The smallest absolute Gasteiger partial charge is 0.387 e. The van der Waals surface area contributed by atoms with Crippen molar-refractivity contribution < 1.29 is 23.1 Å². The van der Waals surface area contributed by atoms with Crippen LogP contribution in [-0.2, 0) is 11.2 Å². The SMILES string of the molecule is CCC1c2ccsc2CCN1C(=O)CN1CCN(C(=O)c2ccccc2OC(F)F)CC1. The van der Waals surface area contributed by atoms with Gasteiger partial charge in [0.25, 0.3) is 5.91 Å². The number of hydrogen-bond acceptors (Lipinski definition) is 5. The molecule has 1 saturated heterocycles. The van der Waals surface area contributed by atoms with Crippen molar-refractivity contribution in [2.24, 2.45) is 0 Å². The number of fused-ring (bicyclic) bond motifs is 1. The van der Waals surface area contributed by atoms with Crippen LogP contribution in [0.1, 0.15) is 40.2 Å². The Morgan fingerprint density at radius 3 is 2.59 bits per heavy atom. The van der Waals surface area contributed by atoms with Crippen LogP contribution < -0.4 is 4.74 Å². The van der Waals surface area contributed by atoms with E-state index in [-0.39, 0.29) is 29.2 Å². The fraction of sp³-hybridized carbons (Fsp3) is 0.478. The van der Waals surface area contributed by atoms with Crippen LogP contribution in [0.3, 0.4) is 0 Å². The second-order valence-electron chi connectivity index (χ2n) is 8.00. The molecule has 0 radical (unpaired) electrons. The van der Waals surface area contributed by atoms with Gasteiger partial charge in [-0.05, 0) is 42.0 Å². The minimum absolute atomic E-state index is 0.115. The molecule has 1 aromatic carbocycles. The average molecular weight is 464 g/mol. The minimum Gasteiger partial charge on any atom is -0.434 e. The molecule has 2 aliphatic heterocycles. The molecule has 9 heteroatoms. The summed E-state index contributed by atoms with van der Waals surface area (Å²) in [6.07, 6.45) is 1.79. The first-order valence-electron chi connectivity index (χ1n) is 10.9. The van der Waals surface area contributed by atoms with E-state index in [1.54, 1.807) is 28.4 Å². The maximum atomic E-state index is 13.1. The summed E-state index contributed by atoms with van der Waals surface area (Å²) in [7, 11) is 0. The van der Waals surface area contributed by atoms with Gasteiger partial charge in [0.05, 0.1) is 18.2 Å². The zero-order valence-electron chi connectivity index (χ0n) is 18.0. The van der Waals surface area contributed by atoms with Crippen molar-refractivity contribution >= 4 is 23.2 Å². The van der Waals surface area contributed by atoms with Crippen LogP contribution in [0.2, 0.25) is 0 Å². The van der Waals surface area contributed by atoms with E-state index in [2.05, 4.69) is 28.0 Å². The highest BCUT2D eigenvalue weighted by molar-refractivity contribution is 7.10. The number of halogens is 2. The number of para-hydroxylation sites is 1. The van der Waals surface area contributed by atoms with Gasteiger partial charge in [0.15, 0.2) is 0 Å². The second kappa shape index (κ2) is 9.95. The number of carbonyl (C=O) groups is 2. The summed E-state index contributed by atoms with van der Waals surface area (Å²) in [6.45, 7) is 2.17. The van der Waals surface area contributed by atoms with E-state index in [0.717, 1.165) is 19.4 Å². The van der Waals surface area contributed by atoms with Crippen molar-refractivity contribution in [1.82, 2.24) is 14.7 Å². The molecule has 0 N–H and O–H groups in total. The molecule has 0 saturated carbocycles. The normalized spacial score (nSPS) is 19.2. The van der Waals surface area contributed by atoms with Crippen LogP contribution in [0, 0.1) is 0 Å². The molecule has 2 aliphatic rings. The molecule has 1 fully saturated rings. The lowest BCUT2D eigenvalue weighted by atomic mass is 9.97. The van der Waals surface area contributed by atoms with Crippen LogP contribution in [0.4, 0.5) is 8.78 Å². The molecule has 2 amide bonds. The van der Waals surface area contributed by atoms with E-state index in [0.29, 0.717) is 32.7 Å². The van der Waals surface area contributed by atoms with Crippen molar-refractivity contribution in [1.29, 1.82) is 0 Å². The fourth-order valence-corrected chi connectivity index (χ4v) is 5.47. The average Bonchev–Trinajstić information content (AvgIpc) is 3.27. The minimum atomic E-state index is -2.99. The quantitative estimate of drug-likeness (QED) is 0.657. The van der Waals surface area contributed by atoms with Crippen molar-refractivity contribution in [3.63, 3.8) is 0 Å². The van der Waals surface area contributed by atoms with Crippen molar-refractivity contribution in [2.45, 2.75) is 32.4 Å². The summed E-state index contributed by atoms with van der Waals surface area (Å²) in [5.74, 6) is -0.336. The van der Waals surface area contributed by atoms with Gasteiger partial charge in [0, 0.05) is 37.6 Å². The topological polar surface area (TPSA) is 53.1 Å². The maximum Gasteiger partial charge on any atom is 0.387 e. The van der Waals surface area contributed by atoms with Gasteiger partial charge in [0.2, 0.25) is 5.91 Å². The van der Waals surface area contributed by atoms with E-state index in [1.165, 1.54) is 22.6 Å². The molecule has 6 nitrogen and oxygen atoms in total. The van der Waals surface area contributed by atoms with Gasteiger partial charge in [-0.25, -0.2) is 0 Å². The summed E-state index contributed by atoms with van der Waals surface area (Å²) in [5, 5.41) is 2.10. The van der Waals surface area contributed by atoms with E-state index in [1.807, 2.05) is 4.90 Å². The molecule has 0 aliphatic carbocycles. The number of piperazine rings is 1. The first-order chi connectivity index (χ1) is 15.5.